The van der Waals surface area contributed by atoms with Crippen LogP contribution in [-0.4, -0.2) is 25.0 Å². The Morgan fingerprint density at radius 1 is 0.944 bits per heavy atom. The normalized spacial score (nSPS) is 10.9. The molecule has 0 atom stereocenters. The molecule has 0 fully saturated rings. The molecule has 3 heteroatoms. The Kier molecular flexibility index (Phi) is 12.5. The molecule has 18 heavy (non-hydrogen) atoms. The van der Waals surface area contributed by atoms with Crippen molar-refractivity contribution in [2.75, 3.05) is 13.1 Å². The van der Waals surface area contributed by atoms with E-state index in [0.717, 1.165) is 25.9 Å². The van der Waals surface area contributed by atoms with E-state index in [0.29, 0.717) is 12.5 Å². The van der Waals surface area contributed by atoms with E-state index in [-0.39, 0.29) is 5.91 Å². The standard InChI is InChI=1S/C15H32N2O/c1-4-5-6-7-8-9-12-17-15(18)11-10-13-16-14(2)3/h14,16H,4-13H2,1-3H3,(H,17,18). The van der Waals surface area contributed by atoms with Crippen molar-refractivity contribution in [2.45, 2.75) is 78.2 Å². The molecule has 2 N–H and O–H groups in total. The largest absolute Gasteiger partial charge is 0.356 e. The molecule has 0 saturated heterocycles. The fraction of sp³-hybridized carbons (Fsp3) is 0.933. The zero-order valence-corrected chi connectivity index (χ0v) is 12.6. The number of hydrogen-bond acceptors (Lipinski definition) is 2. The molecule has 0 aliphatic heterocycles. The smallest absolute Gasteiger partial charge is 0.220 e. The van der Waals surface area contributed by atoms with Crippen molar-refractivity contribution in [2.24, 2.45) is 0 Å². The first-order chi connectivity index (χ1) is 8.66. The molecule has 0 unspecified atom stereocenters. The van der Waals surface area contributed by atoms with Crippen molar-refractivity contribution in [1.29, 1.82) is 0 Å². The first-order valence-corrected chi connectivity index (χ1v) is 7.67. The van der Waals surface area contributed by atoms with Gasteiger partial charge < -0.3 is 10.6 Å². The first-order valence-electron chi connectivity index (χ1n) is 7.67. The van der Waals surface area contributed by atoms with Gasteiger partial charge in [0.05, 0.1) is 0 Å². The van der Waals surface area contributed by atoms with E-state index in [9.17, 15) is 4.79 Å². The Morgan fingerprint density at radius 3 is 2.28 bits per heavy atom. The lowest BCUT2D eigenvalue weighted by Gasteiger charge is -2.08. The predicted molar refractivity (Wildman–Crippen MR) is 78.8 cm³/mol. The van der Waals surface area contributed by atoms with Gasteiger partial charge in [-0.3, -0.25) is 4.79 Å². The highest BCUT2D eigenvalue weighted by Gasteiger charge is 2.00. The average Bonchev–Trinajstić information content (AvgIpc) is 2.33. The molecule has 0 aromatic heterocycles. The van der Waals surface area contributed by atoms with Crippen LogP contribution in [0.4, 0.5) is 0 Å². The minimum absolute atomic E-state index is 0.203. The van der Waals surface area contributed by atoms with Gasteiger partial charge in [0.15, 0.2) is 0 Å². The van der Waals surface area contributed by atoms with E-state index in [1.807, 2.05) is 0 Å². The van der Waals surface area contributed by atoms with Crippen LogP contribution in [0, 0.1) is 0 Å². The number of nitrogens with one attached hydrogen (secondary N) is 2. The zero-order valence-electron chi connectivity index (χ0n) is 12.6. The van der Waals surface area contributed by atoms with Crippen molar-refractivity contribution < 1.29 is 4.79 Å². The van der Waals surface area contributed by atoms with Crippen molar-refractivity contribution in [1.82, 2.24) is 10.6 Å². The third-order valence-corrected chi connectivity index (χ3v) is 2.99. The quantitative estimate of drug-likeness (QED) is 0.526. The number of amides is 1. The van der Waals surface area contributed by atoms with Gasteiger partial charge in [-0.15, -0.1) is 0 Å². The van der Waals surface area contributed by atoms with Crippen LogP contribution >= 0.6 is 0 Å². The molecule has 3 nitrogen and oxygen atoms in total. The summed E-state index contributed by atoms with van der Waals surface area (Å²) in [5.41, 5.74) is 0. The van der Waals surface area contributed by atoms with E-state index in [1.165, 1.54) is 32.1 Å². The SMILES string of the molecule is CCCCCCCCNC(=O)CCCNC(C)C. The van der Waals surface area contributed by atoms with Gasteiger partial charge >= 0.3 is 0 Å². The van der Waals surface area contributed by atoms with Crippen molar-refractivity contribution >= 4 is 5.91 Å². The maximum atomic E-state index is 11.5. The van der Waals surface area contributed by atoms with Crippen LogP contribution in [0.25, 0.3) is 0 Å². The number of rotatable bonds is 12. The summed E-state index contributed by atoms with van der Waals surface area (Å²) in [6, 6.07) is 0.510. The van der Waals surface area contributed by atoms with E-state index < -0.39 is 0 Å². The Morgan fingerprint density at radius 2 is 1.61 bits per heavy atom. The molecular formula is C15H32N2O. The Bertz CT molecular complexity index is 193. The van der Waals surface area contributed by atoms with Gasteiger partial charge in [-0.1, -0.05) is 52.9 Å². The summed E-state index contributed by atoms with van der Waals surface area (Å²) in [6.07, 6.45) is 9.23. The molecule has 0 aliphatic carbocycles. The molecule has 0 saturated carbocycles. The molecular weight excluding hydrogens is 224 g/mol. The highest BCUT2D eigenvalue weighted by molar-refractivity contribution is 5.75. The van der Waals surface area contributed by atoms with Crippen LogP contribution in [0.2, 0.25) is 0 Å². The molecule has 0 aliphatic rings. The van der Waals surface area contributed by atoms with Gasteiger partial charge in [-0.25, -0.2) is 0 Å². The summed E-state index contributed by atoms with van der Waals surface area (Å²) < 4.78 is 0. The minimum Gasteiger partial charge on any atom is -0.356 e. The average molecular weight is 256 g/mol. The summed E-state index contributed by atoms with van der Waals surface area (Å²) in [6.45, 7) is 8.26. The third kappa shape index (κ3) is 13.5. The van der Waals surface area contributed by atoms with Crippen LogP contribution < -0.4 is 10.6 Å². The molecule has 0 bridgehead atoms. The summed E-state index contributed by atoms with van der Waals surface area (Å²) >= 11 is 0. The summed E-state index contributed by atoms with van der Waals surface area (Å²) in [7, 11) is 0. The zero-order chi connectivity index (χ0) is 13.6. The van der Waals surface area contributed by atoms with Crippen LogP contribution in [-0.2, 0) is 4.79 Å². The molecule has 1 amide bonds. The maximum Gasteiger partial charge on any atom is 0.220 e. The molecule has 0 spiro atoms. The number of carbonyl (C=O) groups excluding carboxylic acids is 1. The van der Waals surface area contributed by atoms with Crippen molar-refractivity contribution in [3.05, 3.63) is 0 Å². The lowest BCUT2D eigenvalue weighted by Crippen LogP contribution is -2.27. The van der Waals surface area contributed by atoms with Crippen molar-refractivity contribution in [3.8, 4) is 0 Å². The Balaban J connectivity index is 3.17. The van der Waals surface area contributed by atoms with E-state index in [2.05, 4.69) is 31.4 Å². The van der Waals surface area contributed by atoms with Gasteiger partial charge in [0.25, 0.3) is 0 Å². The van der Waals surface area contributed by atoms with Crippen molar-refractivity contribution in [3.63, 3.8) is 0 Å². The highest BCUT2D eigenvalue weighted by atomic mass is 16.1. The van der Waals surface area contributed by atoms with Gasteiger partial charge in [0.1, 0.15) is 0 Å². The van der Waals surface area contributed by atoms with Gasteiger partial charge in [-0.2, -0.15) is 0 Å². The van der Waals surface area contributed by atoms with Crippen LogP contribution in [0.1, 0.15) is 72.1 Å². The van der Waals surface area contributed by atoms with Gasteiger partial charge in [-0.05, 0) is 19.4 Å². The summed E-state index contributed by atoms with van der Waals surface area (Å²) in [5, 5.41) is 6.31. The fourth-order valence-corrected chi connectivity index (χ4v) is 1.86. The highest BCUT2D eigenvalue weighted by Crippen LogP contribution is 2.04. The lowest BCUT2D eigenvalue weighted by atomic mass is 10.1. The second-order valence-electron chi connectivity index (χ2n) is 5.33. The second kappa shape index (κ2) is 12.9. The topological polar surface area (TPSA) is 41.1 Å². The predicted octanol–water partition coefficient (Wildman–Crippen LogP) is 3.24. The van der Waals surface area contributed by atoms with E-state index in [1.54, 1.807) is 0 Å². The van der Waals surface area contributed by atoms with Gasteiger partial charge in [0.2, 0.25) is 5.91 Å². The maximum absolute atomic E-state index is 11.5. The Labute approximate surface area is 113 Å². The third-order valence-electron chi connectivity index (χ3n) is 2.99. The van der Waals surface area contributed by atoms with E-state index >= 15 is 0 Å². The Hall–Kier alpha value is -0.570. The summed E-state index contributed by atoms with van der Waals surface area (Å²) in [5.74, 6) is 0.203. The molecule has 0 aromatic rings. The molecule has 108 valence electrons. The van der Waals surface area contributed by atoms with Crippen LogP contribution in [0.15, 0.2) is 0 Å². The fourth-order valence-electron chi connectivity index (χ4n) is 1.86. The number of carbonyl (C=O) groups is 1. The van der Waals surface area contributed by atoms with Crippen LogP contribution in [0.3, 0.4) is 0 Å². The van der Waals surface area contributed by atoms with Gasteiger partial charge in [0, 0.05) is 19.0 Å². The van der Waals surface area contributed by atoms with E-state index in [4.69, 9.17) is 0 Å². The molecule has 0 radical (unpaired) electrons. The molecule has 0 heterocycles. The number of hydrogen-bond donors (Lipinski definition) is 2. The molecule has 0 aromatic carbocycles. The molecule has 0 rings (SSSR count). The lowest BCUT2D eigenvalue weighted by molar-refractivity contribution is -0.121. The van der Waals surface area contributed by atoms with Crippen LogP contribution in [0.5, 0.6) is 0 Å². The summed E-state index contributed by atoms with van der Waals surface area (Å²) in [4.78, 5) is 11.5. The minimum atomic E-state index is 0.203. The number of unbranched alkanes of at least 4 members (excludes halogenated alkanes) is 5. The second-order valence-corrected chi connectivity index (χ2v) is 5.33. The monoisotopic (exact) mass is 256 g/mol. The first kappa shape index (κ1) is 17.4.